The average Bonchev–Trinajstić information content (AvgIpc) is 2.59. The Hall–Kier alpha value is -3.02. The first-order valence-electron chi connectivity index (χ1n) is 7.85. The quantitative estimate of drug-likeness (QED) is 0.342. The summed E-state index contributed by atoms with van der Waals surface area (Å²) in [4.78, 5) is 34.5. The molecule has 6 heteroatoms. The van der Waals surface area contributed by atoms with E-state index in [2.05, 4.69) is 13.8 Å². The molecule has 0 saturated carbocycles. The van der Waals surface area contributed by atoms with Crippen molar-refractivity contribution in [3.05, 3.63) is 74.8 Å². The lowest BCUT2D eigenvalue weighted by Gasteiger charge is -2.07. The fourth-order valence-corrected chi connectivity index (χ4v) is 2.28. The molecule has 0 saturated heterocycles. The van der Waals surface area contributed by atoms with Crippen molar-refractivity contribution in [2.45, 2.75) is 26.7 Å². The Bertz CT molecular complexity index is 809. The Labute approximate surface area is 145 Å². The molecule has 130 valence electrons. The van der Waals surface area contributed by atoms with E-state index in [1.54, 1.807) is 19.1 Å². The first-order valence-corrected chi connectivity index (χ1v) is 7.85. The van der Waals surface area contributed by atoms with Crippen molar-refractivity contribution >= 4 is 17.4 Å². The number of carbonyl (C=O) groups excluding carboxylic acids is 2. The second-order valence-corrected chi connectivity index (χ2v) is 6.03. The Balaban J connectivity index is 2.03. The number of carbonyl (C=O) groups is 2. The predicted octanol–water partition coefficient (Wildman–Crippen LogP) is 4.07. The van der Waals surface area contributed by atoms with Crippen LogP contribution in [0.4, 0.5) is 5.69 Å². The lowest BCUT2D eigenvalue weighted by Crippen LogP contribution is -2.14. The molecule has 6 nitrogen and oxygen atoms in total. The van der Waals surface area contributed by atoms with Gasteiger partial charge in [0, 0.05) is 17.2 Å². The summed E-state index contributed by atoms with van der Waals surface area (Å²) in [6.45, 7) is 5.28. The zero-order chi connectivity index (χ0) is 18.6. The third-order valence-electron chi connectivity index (χ3n) is 3.88. The first-order chi connectivity index (χ1) is 11.8. The predicted molar refractivity (Wildman–Crippen MR) is 93.0 cm³/mol. The van der Waals surface area contributed by atoms with Crippen LogP contribution in [-0.2, 0) is 4.74 Å². The lowest BCUT2D eigenvalue weighted by atomic mass is 10.0. The van der Waals surface area contributed by atoms with Crippen LogP contribution in [0.15, 0.2) is 42.5 Å². The highest BCUT2D eigenvalue weighted by atomic mass is 16.6. The van der Waals surface area contributed by atoms with Crippen LogP contribution >= 0.6 is 0 Å². The van der Waals surface area contributed by atoms with Gasteiger partial charge in [-0.25, -0.2) is 4.79 Å². The number of aryl methyl sites for hydroxylation is 1. The summed E-state index contributed by atoms with van der Waals surface area (Å²) in [6, 6.07) is 11.2. The van der Waals surface area contributed by atoms with Crippen molar-refractivity contribution in [3.8, 4) is 0 Å². The maximum atomic E-state index is 12.1. The lowest BCUT2D eigenvalue weighted by molar-refractivity contribution is -0.385. The van der Waals surface area contributed by atoms with E-state index < -0.39 is 17.5 Å². The molecule has 0 aliphatic heterocycles. The SMILES string of the molecule is Cc1ccc(C(=O)OCC(=O)c2ccc(C(C)C)cc2)cc1[N+](=O)[O-]. The largest absolute Gasteiger partial charge is 0.454 e. The maximum Gasteiger partial charge on any atom is 0.338 e. The molecule has 0 radical (unpaired) electrons. The molecule has 0 atom stereocenters. The van der Waals surface area contributed by atoms with Gasteiger partial charge in [0.05, 0.1) is 10.5 Å². The van der Waals surface area contributed by atoms with Gasteiger partial charge in [0.2, 0.25) is 0 Å². The second kappa shape index (κ2) is 7.70. The van der Waals surface area contributed by atoms with Crippen LogP contribution in [0.3, 0.4) is 0 Å². The highest BCUT2D eigenvalue weighted by molar-refractivity contribution is 5.99. The molecule has 0 N–H and O–H groups in total. The molecule has 0 aliphatic carbocycles. The molecule has 0 unspecified atom stereocenters. The summed E-state index contributed by atoms with van der Waals surface area (Å²) in [7, 11) is 0. The minimum Gasteiger partial charge on any atom is -0.454 e. The third-order valence-corrected chi connectivity index (χ3v) is 3.88. The van der Waals surface area contributed by atoms with Gasteiger partial charge in [0.1, 0.15) is 0 Å². The third kappa shape index (κ3) is 4.50. The molecule has 0 aliphatic rings. The highest BCUT2D eigenvalue weighted by Gasteiger charge is 2.17. The molecular formula is C19H19NO5. The van der Waals surface area contributed by atoms with Crippen LogP contribution in [0.25, 0.3) is 0 Å². The molecule has 2 aromatic carbocycles. The van der Waals surface area contributed by atoms with E-state index in [1.807, 2.05) is 12.1 Å². The molecule has 2 aromatic rings. The van der Waals surface area contributed by atoms with Gasteiger partial charge in [-0.3, -0.25) is 14.9 Å². The molecular weight excluding hydrogens is 322 g/mol. The Kier molecular flexibility index (Phi) is 5.64. The van der Waals surface area contributed by atoms with Crippen LogP contribution in [0.5, 0.6) is 0 Å². The van der Waals surface area contributed by atoms with Crippen molar-refractivity contribution in [3.63, 3.8) is 0 Å². The van der Waals surface area contributed by atoms with E-state index in [0.29, 0.717) is 17.0 Å². The van der Waals surface area contributed by atoms with E-state index in [1.165, 1.54) is 12.1 Å². The second-order valence-electron chi connectivity index (χ2n) is 6.03. The van der Waals surface area contributed by atoms with Crippen molar-refractivity contribution in [1.82, 2.24) is 0 Å². The number of Topliss-reactive ketones (excluding diaryl/α,β-unsaturated/α-hetero) is 1. The zero-order valence-corrected chi connectivity index (χ0v) is 14.3. The van der Waals surface area contributed by atoms with Gasteiger partial charge >= 0.3 is 5.97 Å². The minimum atomic E-state index is -0.768. The molecule has 0 amide bonds. The Morgan fingerprint density at radius 3 is 2.24 bits per heavy atom. The van der Waals surface area contributed by atoms with Crippen LogP contribution in [0, 0.1) is 17.0 Å². The molecule has 0 spiro atoms. The standard InChI is InChI=1S/C19H19NO5/c1-12(2)14-6-8-15(9-7-14)18(21)11-25-19(22)16-5-4-13(3)17(10-16)20(23)24/h4-10,12H,11H2,1-3H3. The molecule has 25 heavy (non-hydrogen) atoms. The summed E-state index contributed by atoms with van der Waals surface area (Å²) in [5.74, 6) is -0.736. The molecule has 0 heterocycles. The van der Waals surface area contributed by atoms with E-state index in [4.69, 9.17) is 4.74 Å². The van der Waals surface area contributed by atoms with E-state index >= 15 is 0 Å². The summed E-state index contributed by atoms with van der Waals surface area (Å²) in [6.07, 6.45) is 0. The number of benzene rings is 2. The monoisotopic (exact) mass is 341 g/mol. The van der Waals surface area contributed by atoms with E-state index in [0.717, 1.165) is 11.6 Å². The Morgan fingerprint density at radius 1 is 1.08 bits per heavy atom. The molecule has 0 fully saturated rings. The smallest absolute Gasteiger partial charge is 0.338 e. The van der Waals surface area contributed by atoms with Gasteiger partial charge in [0.15, 0.2) is 12.4 Å². The number of ether oxygens (including phenoxy) is 1. The average molecular weight is 341 g/mol. The molecule has 2 rings (SSSR count). The number of hydrogen-bond acceptors (Lipinski definition) is 5. The van der Waals surface area contributed by atoms with E-state index in [-0.39, 0.29) is 17.0 Å². The summed E-state index contributed by atoms with van der Waals surface area (Å²) >= 11 is 0. The van der Waals surface area contributed by atoms with Crippen molar-refractivity contribution < 1.29 is 19.2 Å². The minimum absolute atomic E-state index is 0.0419. The van der Waals surface area contributed by atoms with Gasteiger partial charge in [-0.2, -0.15) is 0 Å². The topological polar surface area (TPSA) is 86.5 Å². The fourth-order valence-electron chi connectivity index (χ4n) is 2.28. The van der Waals surface area contributed by atoms with Gasteiger partial charge < -0.3 is 4.74 Å². The normalized spacial score (nSPS) is 10.6. The fraction of sp³-hybridized carbons (Fsp3) is 0.263. The van der Waals surface area contributed by atoms with Crippen LogP contribution in [0.2, 0.25) is 0 Å². The summed E-state index contributed by atoms with van der Waals surface area (Å²) < 4.78 is 4.99. The van der Waals surface area contributed by atoms with Crippen molar-refractivity contribution in [2.24, 2.45) is 0 Å². The number of nitro groups is 1. The number of nitrogens with zero attached hydrogens (tertiary/aromatic N) is 1. The Morgan fingerprint density at radius 2 is 1.68 bits per heavy atom. The van der Waals surface area contributed by atoms with Gasteiger partial charge in [-0.1, -0.05) is 44.2 Å². The molecule has 0 aromatic heterocycles. The summed E-state index contributed by atoms with van der Waals surface area (Å²) in [5, 5.41) is 10.9. The zero-order valence-electron chi connectivity index (χ0n) is 14.3. The summed E-state index contributed by atoms with van der Waals surface area (Å²) in [5.41, 5.74) is 1.89. The van der Waals surface area contributed by atoms with Gasteiger partial charge in [-0.15, -0.1) is 0 Å². The van der Waals surface area contributed by atoms with Crippen molar-refractivity contribution in [1.29, 1.82) is 0 Å². The molecule has 0 bridgehead atoms. The maximum absolute atomic E-state index is 12.1. The van der Waals surface area contributed by atoms with Crippen LogP contribution < -0.4 is 0 Å². The van der Waals surface area contributed by atoms with Gasteiger partial charge in [0.25, 0.3) is 5.69 Å². The van der Waals surface area contributed by atoms with Crippen LogP contribution in [-0.4, -0.2) is 23.3 Å². The number of hydrogen-bond donors (Lipinski definition) is 0. The van der Waals surface area contributed by atoms with Gasteiger partial charge in [-0.05, 0) is 24.5 Å². The highest BCUT2D eigenvalue weighted by Crippen LogP contribution is 2.20. The van der Waals surface area contributed by atoms with Crippen molar-refractivity contribution in [2.75, 3.05) is 6.61 Å². The van der Waals surface area contributed by atoms with Crippen LogP contribution in [0.1, 0.15) is 51.6 Å². The first kappa shape index (κ1) is 18.3. The number of esters is 1. The number of rotatable bonds is 6. The number of nitro benzene ring substituents is 1. The van der Waals surface area contributed by atoms with E-state index in [9.17, 15) is 19.7 Å². The number of ketones is 1.